The van der Waals surface area contributed by atoms with Gasteiger partial charge in [-0.05, 0) is 38.1 Å². The van der Waals surface area contributed by atoms with Gasteiger partial charge in [0.2, 0.25) is 0 Å². The summed E-state index contributed by atoms with van der Waals surface area (Å²) in [6, 6.07) is 3.32. The number of amides is 1. The summed E-state index contributed by atoms with van der Waals surface area (Å²) in [5, 5.41) is 2.86. The van der Waals surface area contributed by atoms with Crippen molar-refractivity contribution in [3.63, 3.8) is 0 Å². The molecule has 0 spiro atoms. The third kappa shape index (κ3) is 5.63. The van der Waals surface area contributed by atoms with E-state index in [1.165, 1.54) is 19.0 Å². The van der Waals surface area contributed by atoms with Gasteiger partial charge in [0, 0.05) is 13.1 Å². The minimum atomic E-state index is -0.135. The van der Waals surface area contributed by atoms with Crippen LogP contribution >= 0.6 is 24.8 Å². The number of anilines is 1. The highest BCUT2D eigenvalue weighted by Gasteiger charge is 2.11. The predicted octanol–water partition coefficient (Wildman–Crippen LogP) is 1.33. The third-order valence-corrected chi connectivity index (χ3v) is 2.93. The van der Waals surface area contributed by atoms with Gasteiger partial charge < -0.3 is 16.0 Å². The van der Waals surface area contributed by atoms with Crippen LogP contribution in [-0.2, 0) is 0 Å². The van der Waals surface area contributed by atoms with E-state index in [9.17, 15) is 4.79 Å². The summed E-state index contributed by atoms with van der Waals surface area (Å²) in [6.45, 7) is 3.89. The molecule has 0 unspecified atom stereocenters. The molecule has 0 aliphatic carbocycles. The average Bonchev–Trinajstić information content (AvgIpc) is 2.83. The Morgan fingerprint density at radius 2 is 2.00 bits per heavy atom. The quantitative estimate of drug-likeness (QED) is 0.880. The first-order valence-electron chi connectivity index (χ1n) is 5.98. The van der Waals surface area contributed by atoms with Crippen LogP contribution in [0.3, 0.4) is 0 Å². The molecular formula is C12H20Cl2N4O. The summed E-state index contributed by atoms with van der Waals surface area (Å²) in [4.78, 5) is 18.0. The van der Waals surface area contributed by atoms with Crippen molar-refractivity contribution in [1.82, 2.24) is 15.2 Å². The average molecular weight is 307 g/mol. The number of carbonyl (C=O) groups is 1. The molecule has 3 N–H and O–H groups in total. The summed E-state index contributed by atoms with van der Waals surface area (Å²) in [5.74, 6) is -0.135. The maximum atomic E-state index is 11.7. The van der Waals surface area contributed by atoms with E-state index in [1.807, 2.05) is 0 Å². The van der Waals surface area contributed by atoms with Crippen molar-refractivity contribution >= 4 is 36.4 Å². The molecule has 1 aromatic rings. The number of pyridine rings is 1. The molecular weight excluding hydrogens is 287 g/mol. The van der Waals surface area contributed by atoms with Crippen molar-refractivity contribution in [3.8, 4) is 0 Å². The van der Waals surface area contributed by atoms with Gasteiger partial charge in [0.1, 0.15) is 5.69 Å². The molecule has 1 aliphatic heterocycles. The molecule has 0 radical (unpaired) electrons. The van der Waals surface area contributed by atoms with E-state index in [1.54, 1.807) is 12.1 Å². The largest absolute Gasteiger partial charge is 0.397 e. The number of aromatic nitrogens is 1. The van der Waals surface area contributed by atoms with Crippen LogP contribution in [0, 0.1) is 0 Å². The molecule has 108 valence electrons. The highest BCUT2D eigenvalue weighted by Crippen LogP contribution is 2.05. The van der Waals surface area contributed by atoms with Crippen molar-refractivity contribution in [2.24, 2.45) is 0 Å². The standard InChI is InChI=1S/C12H18N4O.2ClH/c13-10-3-4-11(15-9-10)12(17)14-5-8-16-6-1-2-7-16;;/h3-4,9H,1-2,5-8,13H2,(H,14,17);2*1H. The fraction of sp³-hybridized carbons (Fsp3) is 0.500. The van der Waals surface area contributed by atoms with Crippen LogP contribution in [0.5, 0.6) is 0 Å². The van der Waals surface area contributed by atoms with Crippen LogP contribution in [-0.4, -0.2) is 42.0 Å². The maximum Gasteiger partial charge on any atom is 0.269 e. The van der Waals surface area contributed by atoms with Crippen molar-refractivity contribution in [1.29, 1.82) is 0 Å². The molecule has 0 bridgehead atoms. The Kier molecular flexibility index (Phi) is 8.47. The first-order chi connectivity index (χ1) is 8.25. The van der Waals surface area contributed by atoms with Crippen molar-refractivity contribution in [2.75, 3.05) is 31.9 Å². The normalized spacial score (nSPS) is 14.3. The number of nitrogens with one attached hydrogen (secondary N) is 1. The number of rotatable bonds is 4. The molecule has 1 fully saturated rings. The van der Waals surface area contributed by atoms with Gasteiger partial charge in [0.05, 0.1) is 11.9 Å². The topological polar surface area (TPSA) is 71.2 Å². The number of nitrogens with zero attached hydrogens (tertiary/aromatic N) is 2. The lowest BCUT2D eigenvalue weighted by atomic mass is 10.3. The lowest BCUT2D eigenvalue weighted by Crippen LogP contribution is -2.33. The number of nitrogens with two attached hydrogens (primary N) is 1. The number of halogens is 2. The van der Waals surface area contributed by atoms with Crippen LogP contribution < -0.4 is 11.1 Å². The lowest BCUT2D eigenvalue weighted by molar-refractivity contribution is 0.0945. The Morgan fingerprint density at radius 3 is 2.58 bits per heavy atom. The smallest absolute Gasteiger partial charge is 0.269 e. The van der Waals surface area contributed by atoms with Crippen LogP contribution in [0.25, 0.3) is 0 Å². The highest BCUT2D eigenvalue weighted by atomic mass is 35.5. The zero-order chi connectivity index (χ0) is 12.1. The molecule has 1 aromatic heterocycles. The summed E-state index contributed by atoms with van der Waals surface area (Å²) in [7, 11) is 0. The predicted molar refractivity (Wildman–Crippen MR) is 81.2 cm³/mol. The van der Waals surface area contributed by atoms with Crippen LogP contribution in [0.2, 0.25) is 0 Å². The monoisotopic (exact) mass is 306 g/mol. The summed E-state index contributed by atoms with van der Waals surface area (Å²) >= 11 is 0. The van der Waals surface area contributed by atoms with Gasteiger partial charge in [0.15, 0.2) is 0 Å². The van der Waals surface area contributed by atoms with Crippen LogP contribution in [0.1, 0.15) is 23.3 Å². The second-order valence-electron chi connectivity index (χ2n) is 4.28. The van der Waals surface area contributed by atoms with Gasteiger partial charge in [-0.25, -0.2) is 4.98 Å². The van der Waals surface area contributed by atoms with Gasteiger partial charge in [-0.15, -0.1) is 24.8 Å². The minimum absolute atomic E-state index is 0. The second-order valence-corrected chi connectivity index (χ2v) is 4.28. The molecule has 0 aromatic carbocycles. The number of hydrogen-bond donors (Lipinski definition) is 2. The van der Waals surface area contributed by atoms with Crippen molar-refractivity contribution in [2.45, 2.75) is 12.8 Å². The van der Waals surface area contributed by atoms with E-state index in [0.717, 1.165) is 19.6 Å². The maximum absolute atomic E-state index is 11.7. The van der Waals surface area contributed by atoms with Gasteiger partial charge in [-0.3, -0.25) is 4.79 Å². The summed E-state index contributed by atoms with van der Waals surface area (Å²) < 4.78 is 0. The molecule has 1 amide bonds. The molecule has 2 rings (SSSR count). The number of carbonyl (C=O) groups excluding carboxylic acids is 1. The molecule has 1 saturated heterocycles. The van der Waals surface area contributed by atoms with Gasteiger partial charge >= 0.3 is 0 Å². The van der Waals surface area contributed by atoms with Gasteiger partial charge in [0.25, 0.3) is 5.91 Å². The first kappa shape index (κ1) is 18.0. The Hall–Kier alpha value is -1.04. The van der Waals surface area contributed by atoms with E-state index in [4.69, 9.17) is 5.73 Å². The van der Waals surface area contributed by atoms with Crippen LogP contribution in [0.4, 0.5) is 5.69 Å². The molecule has 1 aliphatic rings. The minimum Gasteiger partial charge on any atom is -0.397 e. The number of likely N-dealkylation sites (tertiary alicyclic amines) is 1. The van der Waals surface area contributed by atoms with Crippen molar-refractivity contribution in [3.05, 3.63) is 24.0 Å². The summed E-state index contributed by atoms with van der Waals surface area (Å²) in [6.07, 6.45) is 4.04. The van der Waals surface area contributed by atoms with E-state index in [0.29, 0.717) is 17.9 Å². The zero-order valence-corrected chi connectivity index (χ0v) is 12.3. The van der Waals surface area contributed by atoms with E-state index in [-0.39, 0.29) is 30.7 Å². The summed E-state index contributed by atoms with van der Waals surface area (Å²) in [5.41, 5.74) is 6.49. The highest BCUT2D eigenvalue weighted by molar-refractivity contribution is 5.92. The fourth-order valence-electron chi connectivity index (χ4n) is 1.96. The molecule has 2 heterocycles. The van der Waals surface area contributed by atoms with Gasteiger partial charge in [-0.2, -0.15) is 0 Å². The van der Waals surface area contributed by atoms with Gasteiger partial charge in [-0.1, -0.05) is 0 Å². The Morgan fingerprint density at radius 1 is 1.32 bits per heavy atom. The Bertz CT molecular complexity index is 380. The second kappa shape index (κ2) is 8.96. The molecule has 19 heavy (non-hydrogen) atoms. The van der Waals surface area contributed by atoms with E-state index < -0.39 is 0 Å². The molecule has 0 atom stereocenters. The first-order valence-corrected chi connectivity index (χ1v) is 5.98. The molecule has 0 saturated carbocycles. The fourth-order valence-corrected chi connectivity index (χ4v) is 1.96. The lowest BCUT2D eigenvalue weighted by Gasteiger charge is -2.14. The molecule has 5 nitrogen and oxygen atoms in total. The van der Waals surface area contributed by atoms with Crippen molar-refractivity contribution < 1.29 is 4.79 Å². The molecule has 7 heteroatoms. The number of hydrogen-bond acceptors (Lipinski definition) is 4. The number of nitrogen functional groups attached to an aromatic ring is 1. The van der Waals surface area contributed by atoms with E-state index >= 15 is 0 Å². The van der Waals surface area contributed by atoms with Crippen LogP contribution in [0.15, 0.2) is 18.3 Å². The zero-order valence-electron chi connectivity index (χ0n) is 10.7. The van der Waals surface area contributed by atoms with E-state index in [2.05, 4.69) is 15.2 Å². The Labute approximate surface area is 125 Å². The Balaban J connectivity index is 0.00000162. The third-order valence-electron chi connectivity index (χ3n) is 2.93. The SMILES string of the molecule is Cl.Cl.Nc1ccc(C(=O)NCCN2CCCC2)nc1.